The molecule has 0 atom stereocenters. The zero-order chi connectivity index (χ0) is 17.9. The van der Waals surface area contributed by atoms with Crippen molar-refractivity contribution >= 4 is 21.9 Å². The molecule has 0 amide bonds. The highest BCUT2D eigenvalue weighted by Crippen LogP contribution is 2.35. The van der Waals surface area contributed by atoms with Gasteiger partial charge >= 0.3 is 5.63 Å². The van der Waals surface area contributed by atoms with Crippen molar-refractivity contribution in [2.45, 2.75) is 14.7 Å². The molecule has 26 heavy (non-hydrogen) atoms. The summed E-state index contributed by atoms with van der Waals surface area (Å²) >= 11 is 0. The summed E-state index contributed by atoms with van der Waals surface area (Å²) in [5.41, 5.74) is 0.182. The van der Waals surface area contributed by atoms with Crippen molar-refractivity contribution in [2.24, 2.45) is 0 Å². The Kier molecular flexibility index (Phi) is 4.50. The Bertz CT molecular complexity index is 1050. The molecule has 4 heteroatoms. The lowest BCUT2D eigenvalue weighted by Crippen LogP contribution is -2.09. The van der Waals surface area contributed by atoms with Crippen LogP contribution in [0.2, 0.25) is 0 Å². The normalized spacial score (nSPS) is 11.0. The molecular weight excluding hydrogens is 344 g/mol. The van der Waals surface area contributed by atoms with Crippen LogP contribution in [-0.4, -0.2) is 7.11 Å². The van der Waals surface area contributed by atoms with Crippen LogP contribution in [0.25, 0.3) is 11.0 Å². The molecule has 3 nitrogen and oxygen atoms in total. The average Bonchev–Trinajstić information content (AvgIpc) is 2.69. The minimum Gasteiger partial charge on any atom is -0.497 e. The van der Waals surface area contributed by atoms with E-state index in [0.717, 1.165) is 20.1 Å². The van der Waals surface area contributed by atoms with E-state index in [9.17, 15) is 4.79 Å². The van der Waals surface area contributed by atoms with Crippen LogP contribution in [0.15, 0.2) is 109 Å². The predicted molar refractivity (Wildman–Crippen MR) is 104 cm³/mol. The summed E-state index contributed by atoms with van der Waals surface area (Å²) in [6.45, 7) is 0. The molecule has 0 fully saturated rings. The fraction of sp³-hybridized carbons (Fsp3) is 0.0455. The predicted octanol–water partition coefficient (Wildman–Crippen LogP) is 4.90. The lowest BCUT2D eigenvalue weighted by atomic mass is 10.2. The van der Waals surface area contributed by atoms with Crippen LogP contribution >= 0.6 is 0 Å². The van der Waals surface area contributed by atoms with Crippen LogP contribution in [0, 0.1) is 0 Å². The van der Waals surface area contributed by atoms with Gasteiger partial charge in [0, 0.05) is 6.07 Å². The van der Waals surface area contributed by atoms with Crippen molar-refractivity contribution in [1.82, 2.24) is 0 Å². The molecule has 1 aromatic heterocycles. The van der Waals surface area contributed by atoms with Gasteiger partial charge in [0.1, 0.15) is 22.2 Å². The van der Waals surface area contributed by atoms with E-state index in [1.807, 2.05) is 48.5 Å². The Morgan fingerprint density at radius 3 is 2.00 bits per heavy atom. The molecule has 0 radical (unpaired) electrons. The first kappa shape index (κ1) is 16.5. The lowest BCUT2D eigenvalue weighted by molar-refractivity contribution is 0.414. The summed E-state index contributed by atoms with van der Waals surface area (Å²) in [7, 11) is 1.19. The van der Waals surface area contributed by atoms with Crippen LogP contribution in [-0.2, 0) is 10.9 Å². The Balaban J connectivity index is 2.01. The number of methoxy groups -OCH3 is 1. The largest absolute Gasteiger partial charge is 0.497 e. The van der Waals surface area contributed by atoms with Crippen molar-refractivity contribution < 1.29 is 9.15 Å². The number of benzene rings is 3. The molecule has 0 spiro atoms. The van der Waals surface area contributed by atoms with E-state index < -0.39 is 10.9 Å². The van der Waals surface area contributed by atoms with Crippen LogP contribution in [0.3, 0.4) is 0 Å². The fourth-order valence-electron chi connectivity index (χ4n) is 2.91. The molecule has 1 heterocycles. The van der Waals surface area contributed by atoms with E-state index in [1.54, 1.807) is 19.2 Å². The highest BCUT2D eigenvalue weighted by atomic mass is 32.2. The highest BCUT2D eigenvalue weighted by Gasteiger charge is 2.31. The molecule has 0 saturated heterocycles. The second-order valence-corrected chi connectivity index (χ2v) is 7.72. The molecular formula is C22H17O3S+. The minimum absolute atomic E-state index is 0.356. The van der Waals surface area contributed by atoms with E-state index in [2.05, 4.69) is 24.3 Å². The lowest BCUT2D eigenvalue weighted by Gasteiger charge is -2.10. The van der Waals surface area contributed by atoms with Gasteiger partial charge < -0.3 is 9.15 Å². The van der Waals surface area contributed by atoms with Crippen molar-refractivity contribution in [2.75, 3.05) is 7.11 Å². The first-order valence-electron chi connectivity index (χ1n) is 8.22. The SMILES string of the molecule is COc1ccc2c([S+](c3ccccc3)c3ccccc3)cc(=O)oc2c1. The fourth-order valence-corrected chi connectivity index (χ4v) is 5.15. The molecule has 0 saturated carbocycles. The Hall–Kier alpha value is -2.98. The molecule has 0 unspecified atom stereocenters. The standard InChI is InChI=1S/C22H17O3S/c1-24-16-12-13-19-20(14-16)25-22(23)15-21(19)26(17-8-4-2-5-9-17)18-10-6-3-7-11-18/h2-15H,1H3/q+1. The molecule has 0 bridgehead atoms. The Morgan fingerprint density at radius 1 is 0.808 bits per heavy atom. The van der Waals surface area contributed by atoms with Gasteiger partial charge in [0.05, 0.1) is 18.6 Å². The van der Waals surface area contributed by atoms with Gasteiger partial charge in [0.2, 0.25) is 0 Å². The summed E-state index contributed by atoms with van der Waals surface area (Å²) in [6.07, 6.45) is 0. The van der Waals surface area contributed by atoms with Gasteiger partial charge in [-0.25, -0.2) is 4.79 Å². The molecule has 0 aliphatic carbocycles. The highest BCUT2D eigenvalue weighted by molar-refractivity contribution is 7.97. The maximum Gasteiger partial charge on any atom is 0.341 e. The summed E-state index contributed by atoms with van der Waals surface area (Å²) in [4.78, 5) is 15.5. The van der Waals surface area contributed by atoms with Crippen LogP contribution in [0.4, 0.5) is 0 Å². The maximum absolute atomic E-state index is 12.3. The number of hydrogen-bond acceptors (Lipinski definition) is 3. The number of rotatable bonds is 4. The van der Waals surface area contributed by atoms with Crippen LogP contribution in [0.1, 0.15) is 0 Å². The van der Waals surface area contributed by atoms with E-state index in [1.165, 1.54) is 0 Å². The molecule has 4 rings (SSSR count). The van der Waals surface area contributed by atoms with Crippen molar-refractivity contribution in [1.29, 1.82) is 0 Å². The zero-order valence-electron chi connectivity index (χ0n) is 14.2. The summed E-state index contributed by atoms with van der Waals surface area (Å²) in [5, 5.41) is 0.918. The first-order valence-corrected chi connectivity index (χ1v) is 9.45. The Morgan fingerprint density at radius 2 is 1.42 bits per heavy atom. The first-order chi connectivity index (χ1) is 12.8. The van der Waals surface area contributed by atoms with Gasteiger partial charge in [-0.05, 0) is 36.4 Å². The summed E-state index contributed by atoms with van der Waals surface area (Å²) in [5.74, 6) is 0.664. The third-order valence-electron chi connectivity index (χ3n) is 4.09. The second kappa shape index (κ2) is 7.10. The average molecular weight is 361 g/mol. The van der Waals surface area contributed by atoms with Gasteiger partial charge in [-0.15, -0.1) is 0 Å². The van der Waals surface area contributed by atoms with Gasteiger partial charge in [-0.2, -0.15) is 0 Å². The van der Waals surface area contributed by atoms with E-state index >= 15 is 0 Å². The smallest absolute Gasteiger partial charge is 0.341 e. The summed E-state index contributed by atoms with van der Waals surface area (Å²) < 4.78 is 10.7. The van der Waals surface area contributed by atoms with Gasteiger partial charge in [-0.3, -0.25) is 0 Å². The van der Waals surface area contributed by atoms with Crippen molar-refractivity contribution in [3.05, 3.63) is 95.3 Å². The number of hydrogen-bond donors (Lipinski definition) is 0. The third kappa shape index (κ3) is 3.11. The third-order valence-corrected chi connectivity index (χ3v) is 6.36. The quantitative estimate of drug-likeness (QED) is 0.383. The maximum atomic E-state index is 12.3. The van der Waals surface area contributed by atoms with Crippen molar-refractivity contribution in [3.8, 4) is 5.75 Å². The topological polar surface area (TPSA) is 39.4 Å². The van der Waals surface area contributed by atoms with Crippen molar-refractivity contribution in [3.63, 3.8) is 0 Å². The number of ether oxygens (including phenoxy) is 1. The Labute approximate surface area is 154 Å². The van der Waals surface area contributed by atoms with Crippen LogP contribution in [0.5, 0.6) is 5.75 Å². The van der Waals surface area contributed by atoms with Gasteiger partial charge in [0.25, 0.3) is 0 Å². The number of fused-ring (bicyclic) bond motifs is 1. The second-order valence-electron chi connectivity index (χ2n) is 5.72. The zero-order valence-corrected chi connectivity index (χ0v) is 15.0. The van der Waals surface area contributed by atoms with Gasteiger partial charge in [0.15, 0.2) is 14.7 Å². The molecule has 0 N–H and O–H groups in total. The summed E-state index contributed by atoms with van der Waals surface area (Å²) in [6, 6.07) is 27.7. The van der Waals surface area contributed by atoms with Gasteiger partial charge in [-0.1, -0.05) is 36.4 Å². The molecule has 128 valence electrons. The molecule has 0 aliphatic rings. The minimum atomic E-state index is -0.409. The molecule has 3 aromatic carbocycles. The van der Waals surface area contributed by atoms with E-state index in [4.69, 9.17) is 9.15 Å². The van der Waals surface area contributed by atoms with E-state index in [0.29, 0.717) is 11.3 Å². The van der Waals surface area contributed by atoms with Crippen LogP contribution < -0.4 is 10.4 Å². The van der Waals surface area contributed by atoms with E-state index in [-0.39, 0.29) is 5.63 Å². The molecule has 0 aliphatic heterocycles. The monoisotopic (exact) mass is 361 g/mol. The molecule has 4 aromatic rings.